The van der Waals surface area contributed by atoms with Crippen molar-refractivity contribution < 1.29 is 4.42 Å². The van der Waals surface area contributed by atoms with Crippen LogP contribution in [-0.2, 0) is 0 Å². The monoisotopic (exact) mass is 287 g/mol. The summed E-state index contributed by atoms with van der Waals surface area (Å²) < 4.78 is 6.06. The van der Waals surface area contributed by atoms with E-state index in [2.05, 4.69) is 55.2 Å². The maximum Gasteiger partial charge on any atom is 0.227 e. The summed E-state index contributed by atoms with van der Waals surface area (Å²) >= 11 is 0. The van der Waals surface area contributed by atoms with Gasteiger partial charge in [0.1, 0.15) is 5.58 Å². The van der Waals surface area contributed by atoms with Crippen LogP contribution in [-0.4, -0.2) is 4.98 Å². The molecule has 0 unspecified atom stereocenters. The maximum absolute atomic E-state index is 6.06. The van der Waals surface area contributed by atoms with Gasteiger partial charge in [0, 0.05) is 22.5 Å². The first-order chi connectivity index (χ1) is 10.7. The minimum absolute atomic E-state index is 0.458. The van der Waals surface area contributed by atoms with Gasteiger partial charge in [-0.3, -0.25) is 0 Å². The Balaban J connectivity index is 2.04. The lowest BCUT2D eigenvalue weighted by Gasteiger charge is -2.03. The second kappa shape index (κ2) is 4.99. The molecule has 0 amide bonds. The molecule has 0 atom stereocenters. The third-order valence-electron chi connectivity index (χ3n) is 4.13. The zero-order valence-electron chi connectivity index (χ0n) is 12.7. The van der Waals surface area contributed by atoms with Crippen LogP contribution >= 0.6 is 0 Å². The Morgan fingerprint density at radius 3 is 2.50 bits per heavy atom. The van der Waals surface area contributed by atoms with Crippen LogP contribution in [0.4, 0.5) is 0 Å². The zero-order chi connectivity index (χ0) is 15.1. The Morgan fingerprint density at radius 1 is 0.909 bits per heavy atom. The predicted molar refractivity (Wildman–Crippen MR) is 91.0 cm³/mol. The normalized spacial score (nSPS) is 11.6. The Bertz CT molecular complexity index is 951. The van der Waals surface area contributed by atoms with E-state index in [0.29, 0.717) is 11.6 Å². The summed E-state index contributed by atoms with van der Waals surface area (Å²) in [4.78, 5) is 4.51. The van der Waals surface area contributed by atoms with Gasteiger partial charge in [-0.05, 0) is 23.1 Å². The van der Waals surface area contributed by atoms with Crippen LogP contribution in [0.3, 0.4) is 0 Å². The van der Waals surface area contributed by atoms with Crippen LogP contribution in [0.1, 0.15) is 25.3 Å². The summed E-state index contributed by atoms with van der Waals surface area (Å²) in [5, 5.41) is 2.23. The fraction of sp³-hybridized carbons (Fsp3) is 0.150. The van der Waals surface area contributed by atoms with Gasteiger partial charge in [-0.15, -0.1) is 0 Å². The molecule has 0 N–H and O–H groups in total. The molecule has 0 saturated carbocycles. The van der Waals surface area contributed by atoms with Gasteiger partial charge in [0.05, 0.1) is 0 Å². The first-order valence-electron chi connectivity index (χ1n) is 7.60. The van der Waals surface area contributed by atoms with Gasteiger partial charge >= 0.3 is 0 Å². The van der Waals surface area contributed by atoms with Crippen LogP contribution in [0.25, 0.3) is 33.2 Å². The molecule has 0 spiro atoms. The second-order valence-corrected chi connectivity index (χ2v) is 5.93. The summed E-state index contributed by atoms with van der Waals surface area (Å²) in [6.07, 6.45) is 1.91. The molecule has 0 aliphatic heterocycles. The van der Waals surface area contributed by atoms with E-state index >= 15 is 0 Å². The highest BCUT2D eigenvalue weighted by Gasteiger charge is 2.13. The Labute approximate surface area is 129 Å². The molecule has 2 aromatic carbocycles. The molecule has 0 aliphatic rings. The minimum Gasteiger partial charge on any atom is -0.437 e. The van der Waals surface area contributed by atoms with Crippen molar-refractivity contribution in [3.63, 3.8) is 0 Å². The van der Waals surface area contributed by atoms with Crippen LogP contribution < -0.4 is 0 Å². The topological polar surface area (TPSA) is 26.0 Å². The van der Waals surface area contributed by atoms with Gasteiger partial charge in [0.2, 0.25) is 5.71 Å². The second-order valence-electron chi connectivity index (χ2n) is 5.93. The molecule has 22 heavy (non-hydrogen) atoms. The summed E-state index contributed by atoms with van der Waals surface area (Å²) in [6.45, 7) is 4.36. The van der Waals surface area contributed by atoms with Crippen LogP contribution in [0.2, 0.25) is 0 Å². The lowest BCUT2D eigenvalue weighted by atomic mass is 10.0. The number of furan rings is 1. The summed E-state index contributed by atoms with van der Waals surface area (Å²) in [5.41, 5.74) is 5.14. The highest BCUT2D eigenvalue weighted by Crippen LogP contribution is 2.35. The van der Waals surface area contributed by atoms with E-state index in [4.69, 9.17) is 4.42 Å². The number of nitrogens with zero attached hydrogens (tertiary/aromatic N) is 1. The van der Waals surface area contributed by atoms with Gasteiger partial charge in [-0.25, -0.2) is 4.98 Å². The van der Waals surface area contributed by atoms with Crippen molar-refractivity contribution in [1.82, 2.24) is 4.98 Å². The van der Waals surface area contributed by atoms with Crippen molar-refractivity contribution in [3.05, 3.63) is 66.4 Å². The zero-order valence-corrected chi connectivity index (χ0v) is 12.7. The molecule has 108 valence electrons. The number of pyridine rings is 1. The van der Waals surface area contributed by atoms with E-state index in [1.165, 1.54) is 5.56 Å². The van der Waals surface area contributed by atoms with E-state index in [1.54, 1.807) is 0 Å². The maximum atomic E-state index is 6.06. The standard InChI is InChI=1S/C20H17NO/c1-13(2)15-11-18-17-10-6-9-16(14-7-4-3-5-8-14)19(17)22-20(18)21-12-15/h3-13H,1-2H3. The molecule has 0 saturated heterocycles. The highest BCUT2D eigenvalue weighted by atomic mass is 16.3. The number of aromatic nitrogens is 1. The molecule has 2 aromatic heterocycles. The van der Waals surface area contributed by atoms with Crippen molar-refractivity contribution in [3.8, 4) is 11.1 Å². The van der Waals surface area contributed by atoms with E-state index < -0.39 is 0 Å². The van der Waals surface area contributed by atoms with Crippen molar-refractivity contribution >= 4 is 22.1 Å². The lowest BCUT2D eigenvalue weighted by molar-refractivity contribution is 0.654. The smallest absolute Gasteiger partial charge is 0.227 e. The van der Waals surface area contributed by atoms with E-state index in [-0.39, 0.29) is 0 Å². The molecule has 2 nitrogen and oxygen atoms in total. The molecule has 0 bridgehead atoms. The molecule has 0 aliphatic carbocycles. The van der Waals surface area contributed by atoms with Crippen LogP contribution in [0, 0.1) is 0 Å². The van der Waals surface area contributed by atoms with E-state index in [9.17, 15) is 0 Å². The van der Waals surface area contributed by atoms with Gasteiger partial charge < -0.3 is 4.42 Å². The fourth-order valence-corrected chi connectivity index (χ4v) is 2.86. The summed E-state index contributed by atoms with van der Waals surface area (Å²) in [7, 11) is 0. The molecule has 0 fully saturated rings. The third-order valence-corrected chi connectivity index (χ3v) is 4.13. The quantitative estimate of drug-likeness (QED) is 0.467. The van der Waals surface area contributed by atoms with Crippen molar-refractivity contribution in [2.24, 2.45) is 0 Å². The molecular weight excluding hydrogens is 270 g/mol. The average molecular weight is 287 g/mol. The third kappa shape index (κ3) is 2.00. The van der Waals surface area contributed by atoms with Crippen molar-refractivity contribution in [2.45, 2.75) is 19.8 Å². The largest absolute Gasteiger partial charge is 0.437 e. The van der Waals surface area contributed by atoms with Crippen LogP contribution in [0.5, 0.6) is 0 Å². The Morgan fingerprint density at radius 2 is 1.73 bits per heavy atom. The average Bonchev–Trinajstić information content (AvgIpc) is 2.93. The Hall–Kier alpha value is -2.61. The van der Waals surface area contributed by atoms with Gasteiger partial charge in [0.25, 0.3) is 0 Å². The lowest BCUT2D eigenvalue weighted by Crippen LogP contribution is -1.87. The molecule has 2 heteroatoms. The van der Waals surface area contributed by atoms with Crippen molar-refractivity contribution in [1.29, 1.82) is 0 Å². The molecular formula is C20H17NO. The fourth-order valence-electron chi connectivity index (χ4n) is 2.86. The van der Waals surface area contributed by atoms with Gasteiger partial charge in [-0.2, -0.15) is 0 Å². The number of benzene rings is 2. The molecule has 2 heterocycles. The Kier molecular flexibility index (Phi) is 2.97. The van der Waals surface area contributed by atoms with E-state index in [1.807, 2.05) is 24.4 Å². The van der Waals surface area contributed by atoms with Crippen molar-refractivity contribution in [2.75, 3.05) is 0 Å². The van der Waals surface area contributed by atoms with E-state index in [0.717, 1.165) is 27.5 Å². The van der Waals surface area contributed by atoms with Gasteiger partial charge in [0.15, 0.2) is 0 Å². The molecule has 0 radical (unpaired) electrons. The minimum atomic E-state index is 0.458. The number of hydrogen-bond donors (Lipinski definition) is 0. The first kappa shape index (κ1) is 13.1. The molecule has 4 aromatic rings. The van der Waals surface area contributed by atoms with Crippen LogP contribution in [0.15, 0.2) is 65.2 Å². The number of para-hydroxylation sites is 1. The first-order valence-corrected chi connectivity index (χ1v) is 7.60. The summed E-state index contributed by atoms with van der Waals surface area (Å²) in [6, 6.07) is 18.8. The SMILES string of the molecule is CC(C)c1cnc2oc3c(-c4ccccc4)cccc3c2c1. The predicted octanol–water partition coefficient (Wildman–Crippen LogP) is 5.77. The number of rotatable bonds is 2. The molecule has 4 rings (SSSR count). The van der Waals surface area contributed by atoms with Gasteiger partial charge in [-0.1, -0.05) is 62.4 Å². The summed E-state index contributed by atoms with van der Waals surface area (Å²) in [5.74, 6) is 0.458. The number of hydrogen-bond acceptors (Lipinski definition) is 2. The highest BCUT2D eigenvalue weighted by molar-refractivity contribution is 6.08. The number of fused-ring (bicyclic) bond motifs is 3.